The summed E-state index contributed by atoms with van der Waals surface area (Å²) in [6.07, 6.45) is 3.06. The van der Waals surface area contributed by atoms with Crippen LogP contribution in [-0.4, -0.2) is 31.0 Å². The maximum absolute atomic E-state index is 11.1. The van der Waals surface area contributed by atoms with Crippen molar-refractivity contribution in [3.8, 4) is 11.5 Å². The minimum Gasteiger partial charge on any atom is -0.478 e. The topological polar surface area (TPSA) is 91.8 Å². The zero-order valence-corrected chi connectivity index (χ0v) is 11.0. The Morgan fingerprint density at radius 1 is 1.26 bits per heavy atom. The molecule has 0 radical (unpaired) electrons. The zero-order chi connectivity index (χ0) is 13.4. The molecule has 0 bridgehead atoms. The molecule has 3 rings (SSSR count). The highest BCUT2D eigenvalue weighted by Crippen LogP contribution is 2.25. The molecule has 7 heteroatoms. The third-order valence-electron chi connectivity index (χ3n) is 2.61. The highest BCUT2D eigenvalue weighted by atomic mass is 79.9. The fraction of sp³-hybridized carbons (Fsp3) is 0. The number of carboxylic acids is 1. The summed E-state index contributed by atoms with van der Waals surface area (Å²) >= 11 is 3.38. The molecule has 0 aliphatic heterocycles. The largest absolute Gasteiger partial charge is 0.478 e. The molecule has 0 atom stereocenters. The summed E-state index contributed by atoms with van der Waals surface area (Å²) in [5.74, 6) is -0.550. The quantitative estimate of drug-likeness (QED) is 0.757. The van der Waals surface area contributed by atoms with Gasteiger partial charge in [0.1, 0.15) is 5.69 Å². The molecule has 19 heavy (non-hydrogen) atoms. The van der Waals surface area contributed by atoms with Crippen molar-refractivity contribution in [3.05, 3.63) is 40.6 Å². The van der Waals surface area contributed by atoms with Crippen molar-refractivity contribution in [2.24, 2.45) is 0 Å². The third kappa shape index (κ3) is 1.97. The van der Waals surface area contributed by atoms with E-state index in [1.54, 1.807) is 12.3 Å². The minimum absolute atomic E-state index is 0.135. The molecule has 0 aliphatic carbocycles. The van der Waals surface area contributed by atoms with E-state index in [1.165, 1.54) is 12.3 Å². The monoisotopic (exact) mass is 318 g/mol. The van der Waals surface area contributed by atoms with E-state index in [0.717, 1.165) is 4.47 Å². The van der Waals surface area contributed by atoms with Gasteiger partial charge in [-0.15, -0.1) is 0 Å². The Morgan fingerprint density at radius 2 is 2.11 bits per heavy atom. The molecule has 94 valence electrons. The molecular formula is C12H7BrN4O2. The van der Waals surface area contributed by atoms with E-state index in [9.17, 15) is 4.79 Å². The molecule has 0 aromatic carbocycles. The van der Waals surface area contributed by atoms with Gasteiger partial charge in [0.05, 0.1) is 11.1 Å². The molecular weight excluding hydrogens is 312 g/mol. The van der Waals surface area contributed by atoms with E-state index in [4.69, 9.17) is 5.11 Å². The summed E-state index contributed by atoms with van der Waals surface area (Å²) in [4.78, 5) is 26.6. The predicted molar refractivity (Wildman–Crippen MR) is 71.8 cm³/mol. The number of halogens is 1. The molecule has 3 heterocycles. The van der Waals surface area contributed by atoms with Crippen molar-refractivity contribution >= 4 is 33.1 Å². The number of nitrogens with zero attached hydrogens (tertiary/aromatic N) is 3. The lowest BCUT2D eigenvalue weighted by Gasteiger charge is -1.97. The molecule has 6 nitrogen and oxygen atoms in total. The number of H-pyrrole nitrogens is 1. The summed E-state index contributed by atoms with van der Waals surface area (Å²) in [5, 5.41) is 9.12. The van der Waals surface area contributed by atoms with E-state index in [0.29, 0.717) is 22.7 Å². The van der Waals surface area contributed by atoms with Gasteiger partial charge in [-0.25, -0.2) is 14.8 Å². The summed E-state index contributed by atoms with van der Waals surface area (Å²) in [6.45, 7) is 0. The van der Waals surface area contributed by atoms with Crippen molar-refractivity contribution in [2.45, 2.75) is 0 Å². The Kier molecular flexibility index (Phi) is 2.75. The zero-order valence-electron chi connectivity index (χ0n) is 9.46. The molecule has 2 N–H and O–H groups in total. The molecule has 0 spiro atoms. The van der Waals surface area contributed by atoms with Crippen LogP contribution in [0, 0.1) is 0 Å². The number of pyridine rings is 2. The second-order valence-corrected chi connectivity index (χ2v) is 4.64. The summed E-state index contributed by atoms with van der Waals surface area (Å²) in [5.41, 5.74) is 1.49. The minimum atomic E-state index is -1.03. The maximum Gasteiger partial charge on any atom is 0.338 e. The van der Waals surface area contributed by atoms with E-state index < -0.39 is 5.97 Å². The van der Waals surface area contributed by atoms with Crippen LogP contribution >= 0.6 is 15.9 Å². The van der Waals surface area contributed by atoms with E-state index >= 15 is 0 Å². The molecule has 0 saturated carbocycles. The van der Waals surface area contributed by atoms with Crippen molar-refractivity contribution in [2.75, 3.05) is 0 Å². The molecule has 0 fully saturated rings. The summed E-state index contributed by atoms with van der Waals surface area (Å²) < 4.78 is 0.769. The van der Waals surface area contributed by atoms with Crippen molar-refractivity contribution < 1.29 is 9.90 Å². The average molecular weight is 319 g/mol. The molecule has 0 saturated heterocycles. The third-order valence-corrected chi connectivity index (χ3v) is 3.25. The van der Waals surface area contributed by atoms with Gasteiger partial charge in [-0.05, 0) is 34.1 Å². The van der Waals surface area contributed by atoms with Crippen LogP contribution < -0.4 is 0 Å². The summed E-state index contributed by atoms with van der Waals surface area (Å²) in [6, 6.07) is 5.05. The fourth-order valence-corrected chi connectivity index (χ4v) is 2.20. The number of hydrogen-bond acceptors (Lipinski definition) is 4. The van der Waals surface area contributed by atoms with Gasteiger partial charge in [0.2, 0.25) is 0 Å². The number of carboxylic acid groups (broad SMARTS) is 1. The number of nitrogens with one attached hydrogen (secondary N) is 1. The SMILES string of the molecule is O=C(O)c1ccnc2nc(-c3ncccc3Br)[nH]c12. The van der Waals surface area contributed by atoms with Gasteiger partial charge < -0.3 is 10.1 Å². The highest BCUT2D eigenvalue weighted by Gasteiger charge is 2.15. The fourth-order valence-electron chi connectivity index (χ4n) is 1.76. The lowest BCUT2D eigenvalue weighted by atomic mass is 10.2. The molecule has 3 aromatic heterocycles. The van der Waals surface area contributed by atoms with Gasteiger partial charge in [0.15, 0.2) is 11.5 Å². The Bertz CT molecular complexity index is 784. The standard InChI is InChI=1S/C12H7BrN4O2/c13-7-2-1-4-14-9(7)11-16-8-6(12(18)19)3-5-15-10(8)17-11/h1-5H,(H,18,19)(H,15,16,17). The van der Waals surface area contributed by atoms with Crippen molar-refractivity contribution in [1.82, 2.24) is 19.9 Å². The van der Waals surface area contributed by atoms with Crippen LogP contribution in [0.2, 0.25) is 0 Å². The van der Waals surface area contributed by atoms with E-state index in [1.807, 2.05) is 6.07 Å². The number of rotatable bonds is 2. The number of fused-ring (bicyclic) bond motifs is 1. The predicted octanol–water partition coefficient (Wildman–Crippen LogP) is 2.48. The van der Waals surface area contributed by atoms with Crippen LogP contribution in [0.25, 0.3) is 22.7 Å². The van der Waals surface area contributed by atoms with Gasteiger partial charge in [0, 0.05) is 16.9 Å². The normalized spacial score (nSPS) is 10.8. The Hall–Kier alpha value is -2.28. The Balaban J connectivity index is 2.26. The second kappa shape index (κ2) is 4.43. The van der Waals surface area contributed by atoms with Crippen LogP contribution in [0.5, 0.6) is 0 Å². The number of aromatic carboxylic acids is 1. The van der Waals surface area contributed by atoms with Crippen LogP contribution in [-0.2, 0) is 0 Å². The first kappa shape index (κ1) is 11.8. The van der Waals surface area contributed by atoms with Crippen LogP contribution in [0.3, 0.4) is 0 Å². The van der Waals surface area contributed by atoms with E-state index in [-0.39, 0.29) is 5.56 Å². The lowest BCUT2D eigenvalue weighted by Crippen LogP contribution is -1.97. The first-order valence-corrected chi connectivity index (χ1v) is 6.15. The maximum atomic E-state index is 11.1. The number of hydrogen-bond donors (Lipinski definition) is 2. The van der Waals surface area contributed by atoms with Gasteiger partial charge >= 0.3 is 5.97 Å². The Labute approximate surface area is 115 Å². The smallest absolute Gasteiger partial charge is 0.338 e. The molecule has 0 unspecified atom stereocenters. The second-order valence-electron chi connectivity index (χ2n) is 3.78. The molecule has 0 aliphatic rings. The number of aromatic amines is 1. The number of aromatic nitrogens is 4. The van der Waals surface area contributed by atoms with Gasteiger partial charge in [-0.1, -0.05) is 0 Å². The number of carbonyl (C=O) groups is 1. The van der Waals surface area contributed by atoms with Crippen molar-refractivity contribution in [3.63, 3.8) is 0 Å². The van der Waals surface area contributed by atoms with Gasteiger partial charge in [-0.3, -0.25) is 4.98 Å². The van der Waals surface area contributed by atoms with Crippen molar-refractivity contribution in [1.29, 1.82) is 0 Å². The molecule has 0 amide bonds. The number of imidazole rings is 1. The average Bonchev–Trinajstić information content (AvgIpc) is 2.82. The van der Waals surface area contributed by atoms with Crippen LogP contribution in [0.4, 0.5) is 0 Å². The highest BCUT2D eigenvalue weighted by molar-refractivity contribution is 9.10. The Morgan fingerprint density at radius 3 is 2.84 bits per heavy atom. The van der Waals surface area contributed by atoms with Gasteiger partial charge in [-0.2, -0.15) is 0 Å². The first-order valence-electron chi connectivity index (χ1n) is 5.35. The van der Waals surface area contributed by atoms with Gasteiger partial charge in [0.25, 0.3) is 0 Å². The van der Waals surface area contributed by atoms with Crippen LogP contribution in [0.1, 0.15) is 10.4 Å². The first-order chi connectivity index (χ1) is 9.16. The lowest BCUT2D eigenvalue weighted by molar-refractivity contribution is 0.0699. The molecule has 3 aromatic rings. The van der Waals surface area contributed by atoms with Crippen LogP contribution in [0.15, 0.2) is 35.1 Å². The summed E-state index contributed by atoms with van der Waals surface area (Å²) in [7, 11) is 0. The van der Waals surface area contributed by atoms with E-state index in [2.05, 4.69) is 35.9 Å².